The zero-order valence-electron chi connectivity index (χ0n) is 12.6. The SMILES string of the molecule is CC1CCCC(C#N)(C2(O)CC3CC2C2CCCC32)C1. The topological polar surface area (TPSA) is 44.0 Å². The zero-order valence-corrected chi connectivity index (χ0v) is 12.6. The van der Waals surface area contributed by atoms with E-state index in [4.69, 9.17) is 0 Å². The molecule has 4 aliphatic carbocycles. The summed E-state index contributed by atoms with van der Waals surface area (Å²) in [5.41, 5.74) is -1.09. The molecule has 2 heteroatoms. The predicted molar refractivity (Wildman–Crippen MR) is 77.7 cm³/mol. The van der Waals surface area contributed by atoms with Crippen molar-refractivity contribution in [1.29, 1.82) is 5.26 Å². The van der Waals surface area contributed by atoms with Crippen molar-refractivity contribution in [3.05, 3.63) is 0 Å². The molecule has 4 rings (SSSR count). The van der Waals surface area contributed by atoms with Crippen LogP contribution < -0.4 is 0 Å². The van der Waals surface area contributed by atoms with Crippen molar-refractivity contribution in [2.45, 2.75) is 70.3 Å². The molecule has 7 atom stereocenters. The van der Waals surface area contributed by atoms with Crippen molar-refractivity contribution in [3.8, 4) is 6.07 Å². The molecule has 0 saturated heterocycles. The predicted octanol–water partition coefficient (Wildman–Crippen LogP) is 3.89. The summed E-state index contributed by atoms with van der Waals surface area (Å²) in [5, 5.41) is 21.5. The maximum absolute atomic E-state index is 11.6. The average Bonchev–Trinajstić information content (AvgIpc) is 3.09. The molecule has 0 aromatic heterocycles. The number of fused-ring (bicyclic) bond motifs is 5. The second-order valence-electron chi connectivity index (χ2n) is 8.38. The highest BCUT2D eigenvalue weighted by molar-refractivity contribution is 5.22. The van der Waals surface area contributed by atoms with Crippen LogP contribution in [-0.4, -0.2) is 10.7 Å². The van der Waals surface area contributed by atoms with Gasteiger partial charge >= 0.3 is 0 Å². The molecule has 4 aliphatic rings. The van der Waals surface area contributed by atoms with Gasteiger partial charge in [0, 0.05) is 0 Å². The van der Waals surface area contributed by atoms with Crippen LogP contribution in [0.15, 0.2) is 0 Å². The van der Waals surface area contributed by atoms with Crippen LogP contribution in [0.2, 0.25) is 0 Å². The first-order valence-electron chi connectivity index (χ1n) is 8.73. The summed E-state index contributed by atoms with van der Waals surface area (Å²) in [4.78, 5) is 0. The van der Waals surface area contributed by atoms with Crippen molar-refractivity contribution in [2.75, 3.05) is 0 Å². The second-order valence-corrected chi connectivity index (χ2v) is 8.38. The molecule has 1 N–H and O–H groups in total. The molecule has 7 unspecified atom stereocenters. The molecule has 2 bridgehead atoms. The third kappa shape index (κ3) is 1.48. The summed E-state index contributed by atoms with van der Waals surface area (Å²) < 4.78 is 0. The lowest BCUT2D eigenvalue weighted by Gasteiger charge is -2.51. The minimum absolute atomic E-state index is 0.433. The Morgan fingerprint density at radius 3 is 2.65 bits per heavy atom. The van der Waals surface area contributed by atoms with Gasteiger partial charge in [0.2, 0.25) is 0 Å². The zero-order chi connectivity index (χ0) is 14.0. The van der Waals surface area contributed by atoms with Crippen LogP contribution in [0.25, 0.3) is 0 Å². The molecular weight excluding hydrogens is 246 g/mol. The summed E-state index contributed by atoms with van der Waals surface area (Å²) in [6.07, 6.45) is 10.4. The number of nitriles is 1. The molecule has 0 aromatic rings. The number of hydrogen-bond acceptors (Lipinski definition) is 2. The van der Waals surface area contributed by atoms with Gasteiger partial charge in [-0.2, -0.15) is 5.26 Å². The van der Waals surface area contributed by atoms with E-state index < -0.39 is 11.0 Å². The second kappa shape index (κ2) is 4.23. The summed E-state index contributed by atoms with van der Waals surface area (Å²) in [5.74, 6) is 3.38. The van der Waals surface area contributed by atoms with Crippen molar-refractivity contribution < 1.29 is 5.11 Å². The van der Waals surface area contributed by atoms with Crippen LogP contribution in [0, 0.1) is 46.3 Å². The number of nitrogens with zero attached hydrogens (tertiary/aromatic N) is 1. The third-order valence-corrected chi connectivity index (χ3v) is 7.53. The molecule has 0 amide bonds. The fourth-order valence-electron chi connectivity index (χ4n) is 6.81. The average molecular weight is 273 g/mol. The maximum Gasteiger partial charge on any atom is 0.0866 e. The van der Waals surface area contributed by atoms with Gasteiger partial charge in [0.25, 0.3) is 0 Å². The molecule has 0 aromatic carbocycles. The highest BCUT2D eigenvalue weighted by Crippen LogP contribution is 2.68. The lowest BCUT2D eigenvalue weighted by Crippen LogP contribution is -2.55. The van der Waals surface area contributed by atoms with Gasteiger partial charge in [-0.05, 0) is 68.1 Å². The lowest BCUT2D eigenvalue weighted by molar-refractivity contribution is -0.137. The Bertz CT molecular complexity index is 455. The highest BCUT2D eigenvalue weighted by atomic mass is 16.3. The molecule has 4 saturated carbocycles. The number of hydrogen-bond donors (Lipinski definition) is 1. The first-order chi connectivity index (χ1) is 9.60. The summed E-state index contributed by atoms with van der Waals surface area (Å²) in [7, 11) is 0. The van der Waals surface area contributed by atoms with Gasteiger partial charge in [-0.3, -0.25) is 0 Å². The molecule has 20 heavy (non-hydrogen) atoms. The fourth-order valence-corrected chi connectivity index (χ4v) is 6.81. The van der Waals surface area contributed by atoms with Gasteiger partial charge in [-0.15, -0.1) is 0 Å². The fraction of sp³-hybridized carbons (Fsp3) is 0.944. The Labute approximate surface area is 122 Å². The summed E-state index contributed by atoms with van der Waals surface area (Å²) in [6, 6.07) is 2.65. The first kappa shape index (κ1) is 13.1. The standard InChI is InChI=1S/C18H27NO/c1-12-4-3-7-17(9-12,11-19)18(20)10-13-8-16(18)15-6-2-5-14(13)15/h12-16,20H,2-10H2,1H3. The minimum Gasteiger partial charge on any atom is -0.388 e. The van der Waals surface area contributed by atoms with Gasteiger partial charge < -0.3 is 5.11 Å². The van der Waals surface area contributed by atoms with Crippen LogP contribution >= 0.6 is 0 Å². The minimum atomic E-state index is -0.660. The summed E-state index contributed by atoms with van der Waals surface area (Å²) >= 11 is 0. The molecule has 0 heterocycles. The van der Waals surface area contributed by atoms with E-state index in [9.17, 15) is 10.4 Å². The van der Waals surface area contributed by atoms with Crippen molar-refractivity contribution >= 4 is 0 Å². The van der Waals surface area contributed by atoms with Crippen molar-refractivity contribution in [3.63, 3.8) is 0 Å². The molecule has 0 radical (unpaired) electrons. The van der Waals surface area contributed by atoms with Gasteiger partial charge in [-0.25, -0.2) is 0 Å². The Kier molecular flexibility index (Phi) is 2.78. The molecule has 4 fully saturated rings. The van der Waals surface area contributed by atoms with Crippen LogP contribution in [0.4, 0.5) is 0 Å². The number of rotatable bonds is 1. The van der Waals surface area contributed by atoms with E-state index in [0.717, 1.165) is 43.4 Å². The van der Waals surface area contributed by atoms with Gasteiger partial charge in [0.15, 0.2) is 0 Å². The Morgan fingerprint density at radius 2 is 1.90 bits per heavy atom. The first-order valence-corrected chi connectivity index (χ1v) is 8.73. The quantitative estimate of drug-likeness (QED) is 0.787. The summed E-state index contributed by atoms with van der Waals surface area (Å²) in [6.45, 7) is 2.26. The molecule has 2 nitrogen and oxygen atoms in total. The van der Waals surface area contributed by atoms with E-state index in [1.807, 2.05) is 0 Å². The van der Waals surface area contributed by atoms with Gasteiger partial charge in [0.1, 0.15) is 0 Å². The van der Waals surface area contributed by atoms with E-state index in [0.29, 0.717) is 11.8 Å². The van der Waals surface area contributed by atoms with Crippen LogP contribution in [0.1, 0.15) is 64.7 Å². The largest absolute Gasteiger partial charge is 0.388 e. The van der Waals surface area contributed by atoms with Crippen LogP contribution in [0.5, 0.6) is 0 Å². The Hall–Kier alpha value is -0.550. The van der Waals surface area contributed by atoms with Crippen molar-refractivity contribution in [2.24, 2.45) is 35.0 Å². The van der Waals surface area contributed by atoms with E-state index in [1.165, 1.54) is 32.1 Å². The van der Waals surface area contributed by atoms with E-state index >= 15 is 0 Å². The monoisotopic (exact) mass is 273 g/mol. The van der Waals surface area contributed by atoms with Gasteiger partial charge in [-0.1, -0.05) is 26.2 Å². The lowest BCUT2D eigenvalue weighted by atomic mass is 9.55. The molecule has 0 aliphatic heterocycles. The third-order valence-electron chi connectivity index (χ3n) is 7.53. The highest BCUT2D eigenvalue weighted by Gasteiger charge is 2.67. The molecule has 0 spiro atoms. The van der Waals surface area contributed by atoms with E-state index in [1.54, 1.807) is 0 Å². The maximum atomic E-state index is 11.6. The molecule has 110 valence electrons. The molecular formula is C18H27NO. The van der Waals surface area contributed by atoms with E-state index in [2.05, 4.69) is 13.0 Å². The van der Waals surface area contributed by atoms with E-state index in [-0.39, 0.29) is 0 Å². The van der Waals surface area contributed by atoms with Crippen molar-refractivity contribution in [1.82, 2.24) is 0 Å². The Morgan fingerprint density at radius 1 is 1.10 bits per heavy atom. The van der Waals surface area contributed by atoms with Crippen LogP contribution in [0.3, 0.4) is 0 Å². The van der Waals surface area contributed by atoms with Gasteiger partial charge in [0.05, 0.1) is 17.1 Å². The normalized spacial score (nSPS) is 57.5. The number of aliphatic hydroxyl groups is 1. The van der Waals surface area contributed by atoms with Crippen LogP contribution in [-0.2, 0) is 0 Å². The smallest absolute Gasteiger partial charge is 0.0866 e. The Balaban J connectivity index is 1.69.